The summed E-state index contributed by atoms with van der Waals surface area (Å²) in [6.07, 6.45) is 10.5. The molecule has 0 bridgehead atoms. The van der Waals surface area contributed by atoms with Gasteiger partial charge in [0.2, 0.25) is 0 Å². The lowest BCUT2D eigenvalue weighted by Crippen LogP contribution is -2.13. The quantitative estimate of drug-likeness (QED) is 0.499. The van der Waals surface area contributed by atoms with E-state index in [1.807, 2.05) is 0 Å². The molecule has 0 aliphatic rings. The van der Waals surface area contributed by atoms with E-state index in [1.54, 1.807) is 0 Å². The lowest BCUT2D eigenvalue weighted by atomic mass is 10.1. The summed E-state index contributed by atoms with van der Waals surface area (Å²) in [7, 11) is -3.91. The van der Waals surface area contributed by atoms with Crippen molar-refractivity contribution in [3.8, 4) is 0 Å². The van der Waals surface area contributed by atoms with Crippen molar-refractivity contribution in [2.75, 3.05) is 19.8 Å². The Bertz CT molecular complexity index is 277. The Morgan fingerprint density at radius 2 is 1.26 bits per heavy atom. The lowest BCUT2D eigenvalue weighted by Gasteiger charge is -2.05. The minimum absolute atomic E-state index is 0.156. The van der Waals surface area contributed by atoms with Gasteiger partial charge in [-0.2, -0.15) is 8.42 Å². The summed E-state index contributed by atoms with van der Waals surface area (Å²) in [5.74, 6) is 0. The number of unbranched alkanes of at least 4 members (excludes halogenated alkanes) is 8. The Hall–Kier alpha value is -0.170. The van der Waals surface area contributed by atoms with Crippen LogP contribution in [0.25, 0.3) is 0 Å². The van der Waals surface area contributed by atoms with E-state index in [2.05, 4.69) is 15.3 Å². The molecule has 0 aromatic heterocycles. The van der Waals surface area contributed by atoms with Crippen molar-refractivity contribution in [2.45, 2.75) is 64.7 Å². The second kappa shape index (κ2) is 12.8. The van der Waals surface area contributed by atoms with Crippen molar-refractivity contribution < 1.29 is 21.9 Å². The predicted octanol–water partition coefficient (Wildman–Crippen LogP) is 2.79. The Morgan fingerprint density at radius 1 is 0.789 bits per heavy atom. The Kier molecular flexibility index (Phi) is 12.7. The van der Waals surface area contributed by atoms with Gasteiger partial charge in [-0.3, -0.25) is 0 Å². The maximum atomic E-state index is 11.1. The highest BCUT2D eigenvalue weighted by Gasteiger charge is 2.10. The number of hydrogen-bond donors (Lipinski definition) is 1. The van der Waals surface area contributed by atoms with Crippen molar-refractivity contribution in [1.82, 2.24) is 0 Å². The first-order valence-electron chi connectivity index (χ1n) is 7.27. The van der Waals surface area contributed by atoms with Crippen molar-refractivity contribution >= 4 is 10.4 Å². The Labute approximate surface area is 117 Å². The second-order valence-corrected chi connectivity index (χ2v) is 5.89. The van der Waals surface area contributed by atoms with E-state index in [4.69, 9.17) is 5.11 Å². The SMILES string of the molecule is CCCCCCCCCCCOS(=O)(=O)OCCO. The molecule has 0 aromatic carbocycles. The van der Waals surface area contributed by atoms with Gasteiger partial charge < -0.3 is 5.11 Å². The zero-order valence-electron chi connectivity index (χ0n) is 12.0. The van der Waals surface area contributed by atoms with Crippen LogP contribution in [0.3, 0.4) is 0 Å². The molecule has 0 aliphatic heterocycles. The third-order valence-corrected chi connectivity index (χ3v) is 3.71. The number of rotatable bonds is 14. The largest absolute Gasteiger partial charge is 0.399 e. The number of aliphatic hydroxyl groups is 1. The first-order valence-corrected chi connectivity index (χ1v) is 8.60. The van der Waals surface area contributed by atoms with Crippen LogP contribution in [0.2, 0.25) is 0 Å². The third-order valence-electron chi connectivity index (χ3n) is 2.79. The summed E-state index contributed by atoms with van der Waals surface area (Å²) in [5, 5.41) is 8.43. The standard InChI is InChI=1S/C13H28O5S/c1-2-3-4-5-6-7-8-9-10-12-17-19(15,16)18-13-11-14/h14H,2-13H2,1H3. The fourth-order valence-electron chi connectivity index (χ4n) is 1.75. The van der Waals surface area contributed by atoms with Gasteiger partial charge in [0.15, 0.2) is 0 Å². The van der Waals surface area contributed by atoms with Gasteiger partial charge in [0.05, 0.1) is 19.8 Å². The van der Waals surface area contributed by atoms with Crippen molar-refractivity contribution in [3.05, 3.63) is 0 Å². The molecule has 0 spiro atoms. The highest BCUT2D eigenvalue weighted by molar-refractivity contribution is 7.81. The molecule has 0 aromatic rings. The molecule has 0 aliphatic carbocycles. The molecule has 116 valence electrons. The van der Waals surface area contributed by atoms with Crippen LogP contribution in [-0.4, -0.2) is 33.3 Å². The van der Waals surface area contributed by atoms with Gasteiger partial charge in [-0.15, -0.1) is 0 Å². The van der Waals surface area contributed by atoms with Crippen LogP contribution in [0.5, 0.6) is 0 Å². The average Bonchev–Trinajstić information content (AvgIpc) is 2.38. The van der Waals surface area contributed by atoms with Gasteiger partial charge in [0, 0.05) is 0 Å². The summed E-state index contributed by atoms with van der Waals surface area (Å²) >= 11 is 0. The maximum absolute atomic E-state index is 11.1. The third kappa shape index (κ3) is 14.1. The fourth-order valence-corrected chi connectivity index (χ4v) is 2.42. The van der Waals surface area contributed by atoms with Gasteiger partial charge in [-0.25, -0.2) is 8.37 Å². The van der Waals surface area contributed by atoms with Gasteiger partial charge in [-0.1, -0.05) is 58.3 Å². The summed E-state index contributed by atoms with van der Waals surface area (Å²) < 4.78 is 31.1. The van der Waals surface area contributed by atoms with E-state index in [0.717, 1.165) is 19.3 Å². The molecule has 5 nitrogen and oxygen atoms in total. The van der Waals surface area contributed by atoms with Gasteiger partial charge in [-0.05, 0) is 6.42 Å². The predicted molar refractivity (Wildman–Crippen MR) is 75.1 cm³/mol. The average molecular weight is 296 g/mol. The molecular weight excluding hydrogens is 268 g/mol. The lowest BCUT2D eigenvalue weighted by molar-refractivity contribution is 0.167. The highest BCUT2D eigenvalue weighted by Crippen LogP contribution is 2.10. The first-order chi connectivity index (χ1) is 9.12. The maximum Gasteiger partial charge on any atom is 0.399 e. The van der Waals surface area contributed by atoms with Crippen molar-refractivity contribution in [2.24, 2.45) is 0 Å². The molecule has 0 amide bonds. The van der Waals surface area contributed by atoms with E-state index in [0.29, 0.717) is 0 Å². The Balaban J connectivity index is 3.26. The van der Waals surface area contributed by atoms with E-state index < -0.39 is 10.4 Å². The minimum Gasteiger partial charge on any atom is -0.394 e. The highest BCUT2D eigenvalue weighted by atomic mass is 32.3. The molecule has 0 fully saturated rings. The molecule has 6 heteroatoms. The monoisotopic (exact) mass is 296 g/mol. The van der Waals surface area contributed by atoms with E-state index in [-0.39, 0.29) is 19.8 Å². The first kappa shape index (κ1) is 18.8. The van der Waals surface area contributed by atoms with Gasteiger partial charge >= 0.3 is 10.4 Å². The number of hydrogen-bond acceptors (Lipinski definition) is 5. The van der Waals surface area contributed by atoms with Crippen LogP contribution in [-0.2, 0) is 18.8 Å². The molecule has 1 N–H and O–H groups in total. The molecule has 0 saturated heterocycles. The van der Waals surface area contributed by atoms with E-state index in [1.165, 1.54) is 38.5 Å². The van der Waals surface area contributed by atoms with E-state index >= 15 is 0 Å². The van der Waals surface area contributed by atoms with Crippen LogP contribution in [0.4, 0.5) is 0 Å². The summed E-state index contributed by atoms with van der Waals surface area (Å²) in [4.78, 5) is 0. The molecule has 0 radical (unpaired) electrons. The summed E-state index contributed by atoms with van der Waals surface area (Å²) in [6, 6.07) is 0. The van der Waals surface area contributed by atoms with Crippen LogP contribution in [0, 0.1) is 0 Å². The second-order valence-electron chi connectivity index (χ2n) is 4.60. The summed E-state index contributed by atoms with van der Waals surface area (Å²) in [6.45, 7) is 1.78. The van der Waals surface area contributed by atoms with Gasteiger partial charge in [0.25, 0.3) is 0 Å². The molecule has 0 atom stereocenters. The van der Waals surface area contributed by atoms with E-state index in [9.17, 15) is 8.42 Å². The molecule has 19 heavy (non-hydrogen) atoms. The molecule has 0 rings (SSSR count). The summed E-state index contributed by atoms with van der Waals surface area (Å²) in [5.41, 5.74) is 0. The zero-order valence-corrected chi connectivity index (χ0v) is 12.8. The van der Waals surface area contributed by atoms with Crippen LogP contribution in [0.15, 0.2) is 0 Å². The van der Waals surface area contributed by atoms with Crippen LogP contribution < -0.4 is 0 Å². The molecule has 0 unspecified atom stereocenters. The van der Waals surface area contributed by atoms with Crippen LogP contribution in [0.1, 0.15) is 64.7 Å². The molecule has 0 saturated carbocycles. The smallest absolute Gasteiger partial charge is 0.394 e. The number of aliphatic hydroxyl groups excluding tert-OH is 1. The molecular formula is C13H28O5S. The molecule has 0 heterocycles. The Morgan fingerprint density at radius 3 is 1.79 bits per heavy atom. The van der Waals surface area contributed by atoms with Gasteiger partial charge in [0.1, 0.15) is 0 Å². The van der Waals surface area contributed by atoms with Crippen molar-refractivity contribution in [3.63, 3.8) is 0 Å². The zero-order chi connectivity index (χ0) is 14.4. The topological polar surface area (TPSA) is 72.8 Å². The fraction of sp³-hybridized carbons (Fsp3) is 1.00. The van der Waals surface area contributed by atoms with Crippen LogP contribution >= 0.6 is 0 Å². The minimum atomic E-state index is -3.91. The van der Waals surface area contributed by atoms with Crippen molar-refractivity contribution in [1.29, 1.82) is 0 Å². The normalized spacial score (nSPS) is 11.9.